The Labute approximate surface area is 119 Å². The van der Waals surface area contributed by atoms with Crippen LogP contribution in [0.15, 0.2) is 23.1 Å². The average Bonchev–Trinajstić information content (AvgIpc) is 2.39. The Morgan fingerprint density at radius 3 is 2.80 bits per heavy atom. The highest BCUT2D eigenvalue weighted by molar-refractivity contribution is 8.00. The second kappa shape index (κ2) is 8.39. The van der Waals surface area contributed by atoms with Crippen molar-refractivity contribution in [2.24, 2.45) is 0 Å². The van der Waals surface area contributed by atoms with E-state index in [0.717, 1.165) is 11.8 Å². The molecular weight excluding hydrogens is 284 g/mol. The standard InChI is InChI=1S/C12H16N2O5S/c1-19-5-4-14-6-9(2-3-11(14)16)13-10(15)7-20-8-12(17)18/h2-3,6H,4-5,7-8H2,1H3,(H,13,15)(H,17,18). The van der Waals surface area contributed by atoms with Crippen LogP contribution in [0.25, 0.3) is 0 Å². The van der Waals surface area contributed by atoms with Gasteiger partial charge in [-0.25, -0.2) is 0 Å². The molecule has 8 heteroatoms. The molecule has 0 aliphatic carbocycles. The SMILES string of the molecule is COCCn1cc(NC(=O)CSCC(=O)O)ccc1=O. The second-order valence-electron chi connectivity index (χ2n) is 3.88. The Bertz CT molecular complexity index is 529. The lowest BCUT2D eigenvalue weighted by molar-refractivity contribution is -0.133. The molecule has 0 aliphatic rings. The van der Waals surface area contributed by atoms with Gasteiger partial charge in [0.2, 0.25) is 5.91 Å². The molecule has 0 aromatic carbocycles. The topological polar surface area (TPSA) is 97.6 Å². The monoisotopic (exact) mass is 300 g/mol. The maximum absolute atomic E-state index is 11.6. The molecule has 0 atom stereocenters. The first-order chi connectivity index (χ1) is 9.52. The van der Waals surface area contributed by atoms with Gasteiger partial charge in [0.1, 0.15) is 0 Å². The second-order valence-corrected chi connectivity index (χ2v) is 4.86. The molecule has 0 saturated carbocycles. The van der Waals surface area contributed by atoms with E-state index in [1.807, 2.05) is 0 Å². The van der Waals surface area contributed by atoms with Crippen LogP contribution in [0.5, 0.6) is 0 Å². The van der Waals surface area contributed by atoms with Crippen molar-refractivity contribution in [1.29, 1.82) is 0 Å². The van der Waals surface area contributed by atoms with Crippen LogP contribution in [0.1, 0.15) is 0 Å². The molecule has 0 saturated heterocycles. The summed E-state index contributed by atoms with van der Waals surface area (Å²) in [5, 5.41) is 11.1. The number of carbonyl (C=O) groups excluding carboxylic acids is 1. The summed E-state index contributed by atoms with van der Waals surface area (Å²) in [5.74, 6) is -1.35. The molecule has 1 amide bonds. The number of carbonyl (C=O) groups is 2. The quantitative estimate of drug-likeness (QED) is 0.714. The average molecular weight is 300 g/mol. The number of thioether (sulfide) groups is 1. The van der Waals surface area contributed by atoms with Gasteiger partial charge in [-0.05, 0) is 6.07 Å². The highest BCUT2D eigenvalue weighted by Crippen LogP contribution is 2.06. The lowest BCUT2D eigenvalue weighted by Gasteiger charge is -2.09. The maximum Gasteiger partial charge on any atom is 0.313 e. The van der Waals surface area contributed by atoms with Crippen molar-refractivity contribution in [3.63, 3.8) is 0 Å². The van der Waals surface area contributed by atoms with E-state index in [9.17, 15) is 14.4 Å². The minimum atomic E-state index is -0.962. The molecule has 1 aromatic heterocycles. The number of methoxy groups -OCH3 is 1. The zero-order valence-corrected chi connectivity index (χ0v) is 11.8. The molecule has 2 N–H and O–H groups in total. The number of aliphatic carboxylic acids is 1. The Balaban J connectivity index is 2.56. The third-order valence-electron chi connectivity index (χ3n) is 2.26. The number of aromatic nitrogens is 1. The summed E-state index contributed by atoms with van der Waals surface area (Å²) in [7, 11) is 1.54. The molecule has 1 rings (SSSR count). The van der Waals surface area contributed by atoms with Crippen molar-refractivity contribution in [3.8, 4) is 0 Å². The van der Waals surface area contributed by atoms with Gasteiger partial charge in [-0.2, -0.15) is 0 Å². The van der Waals surface area contributed by atoms with Gasteiger partial charge in [0.05, 0.1) is 23.8 Å². The van der Waals surface area contributed by atoms with Crippen LogP contribution in [0.4, 0.5) is 5.69 Å². The lowest BCUT2D eigenvalue weighted by Crippen LogP contribution is -2.23. The largest absolute Gasteiger partial charge is 0.481 e. The third-order valence-corrected chi connectivity index (χ3v) is 3.18. The molecular formula is C12H16N2O5S. The van der Waals surface area contributed by atoms with E-state index in [-0.39, 0.29) is 23.0 Å². The fraction of sp³-hybridized carbons (Fsp3) is 0.417. The van der Waals surface area contributed by atoms with Crippen molar-refractivity contribution in [3.05, 3.63) is 28.7 Å². The number of rotatable bonds is 8. The van der Waals surface area contributed by atoms with Crippen LogP contribution in [-0.4, -0.2) is 46.8 Å². The molecule has 0 fully saturated rings. The Kier molecular flexibility index (Phi) is 6.82. The number of anilines is 1. The molecule has 0 aliphatic heterocycles. The van der Waals surface area contributed by atoms with E-state index >= 15 is 0 Å². The van der Waals surface area contributed by atoms with Crippen LogP contribution in [0.2, 0.25) is 0 Å². The predicted molar refractivity (Wildman–Crippen MR) is 76.2 cm³/mol. The number of carboxylic acid groups (broad SMARTS) is 1. The number of ether oxygens (including phenoxy) is 1. The van der Waals surface area contributed by atoms with E-state index in [4.69, 9.17) is 9.84 Å². The molecule has 0 bridgehead atoms. The number of nitrogens with one attached hydrogen (secondary N) is 1. The number of nitrogens with zero attached hydrogens (tertiary/aromatic N) is 1. The van der Waals surface area contributed by atoms with Gasteiger partial charge in [0.25, 0.3) is 5.56 Å². The van der Waals surface area contributed by atoms with Crippen LogP contribution < -0.4 is 10.9 Å². The van der Waals surface area contributed by atoms with Gasteiger partial charge < -0.3 is 19.7 Å². The van der Waals surface area contributed by atoms with Crippen LogP contribution in [-0.2, 0) is 20.9 Å². The van der Waals surface area contributed by atoms with Crippen molar-refractivity contribution < 1.29 is 19.4 Å². The maximum atomic E-state index is 11.6. The summed E-state index contributed by atoms with van der Waals surface area (Å²) < 4.78 is 6.33. The molecule has 7 nitrogen and oxygen atoms in total. The van der Waals surface area contributed by atoms with Crippen LogP contribution >= 0.6 is 11.8 Å². The molecule has 1 heterocycles. The Morgan fingerprint density at radius 2 is 2.15 bits per heavy atom. The number of carboxylic acids is 1. The highest BCUT2D eigenvalue weighted by atomic mass is 32.2. The predicted octanol–water partition coefficient (Wildman–Crippen LogP) is 0.251. The van der Waals surface area contributed by atoms with E-state index in [0.29, 0.717) is 18.8 Å². The molecule has 0 radical (unpaired) electrons. The van der Waals surface area contributed by atoms with Crippen LogP contribution in [0.3, 0.4) is 0 Å². The minimum absolute atomic E-state index is 0.0451. The number of hydrogen-bond donors (Lipinski definition) is 2. The molecule has 1 aromatic rings. The van der Waals surface area contributed by atoms with Crippen LogP contribution in [0, 0.1) is 0 Å². The van der Waals surface area contributed by atoms with E-state index in [2.05, 4.69) is 5.32 Å². The van der Waals surface area contributed by atoms with Gasteiger partial charge in [-0.1, -0.05) is 0 Å². The first-order valence-corrected chi connectivity index (χ1v) is 6.97. The fourth-order valence-electron chi connectivity index (χ4n) is 1.40. The number of amides is 1. The Hall–Kier alpha value is -1.80. The van der Waals surface area contributed by atoms with Gasteiger partial charge in [-0.15, -0.1) is 11.8 Å². The fourth-order valence-corrected chi connectivity index (χ4v) is 1.93. The summed E-state index contributed by atoms with van der Waals surface area (Å²) in [5.41, 5.74) is 0.307. The van der Waals surface area contributed by atoms with Gasteiger partial charge in [0, 0.05) is 25.9 Å². The molecule has 0 unspecified atom stereocenters. The third kappa shape index (κ3) is 5.89. The normalized spacial score (nSPS) is 10.2. The summed E-state index contributed by atoms with van der Waals surface area (Å²) >= 11 is 1.01. The van der Waals surface area contributed by atoms with Gasteiger partial charge in [0.15, 0.2) is 0 Å². The molecule has 110 valence electrons. The number of pyridine rings is 1. The molecule has 0 spiro atoms. The summed E-state index contributed by atoms with van der Waals surface area (Å²) in [6, 6.07) is 2.86. The summed E-state index contributed by atoms with van der Waals surface area (Å²) in [4.78, 5) is 33.4. The van der Waals surface area contributed by atoms with Crippen molar-refractivity contribution in [2.45, 2.75) is 6.54 Å². The Morgan fingerprint density at radius 1 is 1.40 bits per heavy atom. The number of hydrogen-bond acceptors (Lipinski definition) is 5. The van der Waals surface area contributed by atoms with Crippen molar-refractivity contribution >= 4 is 29.3 Å². The zero-order chi connectivity index (χ0) is 15.0. The molecule has 20 heavy (non-hydrogen) atoms. The van der Waals surface area contributed by atoms with E-state index in [1.54, 1.807) is 0 Å². The zero-order valence-electron chi connectivity index (χ0n) is 11.0. The van der Waals surface area contributed by atoms with E-state index in [1.165, 1.54) is 30.0 Å². The minimum Gasteiger partial charge on any atom is -0.481 e. The summed E-state index contributed by atoms with van der Waals surface area (Å²) in [6.45, 7) is 0.790. The van der Waals surface area contributed by atoms with Crippen molar-refractivity contribution in [2.75, 3.05) is 30.5 Å². The highest BCUT2D eigenvalue weighted by Gasteiger charge is 2.06. The first-order valence-electron chi connectivity index (χ1n) is 5.81. The van der Waals surface area contributed by atoms with Crippen molar-refractivity contribution in [1.82, 2.24) is 4.57 Å². The first kappa shape index (κ1) is 16.3. The lowest BCUT2D eigenvalue weighted by atomic mass is 10.4. The van der Waals surface area contributed by atoms with Gasteiger partial charge in [-0.3, -0.25) is 14.4 Å². The summed E-state index contributed by atoms with van der Waals surface area (Å²) in [6.07, 6.45) is 1.53. The van der Waals surface area contributed by atoms with Gasteiger partial charge >= 0.3 is 5.97 Å². The van der Waals surface area contributed by atoms with E-state index < -0.39 is 5.97 Å². The smallest absolute Gasteiger partial charge is 0.313 e.